The molecule has 31 heavy (non-hydrogen) atoms. The molecule has 0 aliphatic carbocycles. The van der Waals surface area contributed by atoms with Gasteiger partial charge in [-0.1, -0.05) is 12.1 Å². The summed E-state index contributed by atoms with van der Waals surface area (Å²) in [6.07, 6.45) is 2.35. The first-order valence-corrected chi connectivity index (χ1v) is 10.5. The van der Waals surface area contributed by atoms with E-state index >= 15 is 0 Å². The lowest BCUT2D eigenvalue weighted by molar-refractivity contribution is -0.128. The molecule has 1 amide bonds. The van der Waals surface area contributed by atoms with E-state index in [1.807, 2.05) is 28.8 Å². The van der Waals surface area contributed by atoms with Gasteiger partial charge in [0, 0.05) is 30.8 Å². The first-order chi connectivity index (χ1) is 15.1. The Kier molecular flexibility index (Phi) is 5.15. The molecule has 2 atom stereocenters. The van der Waals surface area contributed by atoms with Gasteiger partial charge in [-0.25, -0.2) is 9.37 Å². The normalized spacial score (nSPS) is 20.6. The maximum absolute atomic E-state index is 14.5. The number of halogens is 1. The summed E-state index contributed by atoms with van der Waals surface area (Å²) in [6.45, 7) is 1.85. The topological polar surface area (TPSA) is 85.2 Å². The van der Waals surface area contributed by atoms with Crippen LogP contribution in [0.4, 0.5) is 10.1 Å². The van der Waals surface area contributed by atoms with E-state index in [1.165, 1.54) is 12.1 Å². The standard InChI is InChI=1S/C23H23FN4O3/c24-16-12-14(7-8-20(16)31-13-15-4-3-10-25-15)26-23(30)21-19(29)9-11-28-18-6-2-1-5-17(18)27-22(21)28/h1-2,5-8,12,15,21,25H,3-4,9-11,13H2,(H,26,30)/t15-,21?/m1/s1. The van der Waals surface area contributed by atoms with E-state index in [0.29, 0.717) is 19.0 Å². The highest BCUT2D eigenvalue weighted by Crippen LogP contribution is 2.30. The zero-order chi connectivity index (χ0) is 21.4. The number of aryl methyl sites for hydroxylation is 1. The predicted molar refractivity (Wildman–Crippen MR) is 114 cm³/mol. The Balaban J connectivity index is 1.33. The molecule has 160 valence electrons. The number of imidazole rings is 1. The number of Topliss-reactive ketones (excluding diaryl/α,β-unsaturated/α-hetero) is 1. The molecular weight excluding hydrogens is 399 g/mol. The maximum atomic E-state index is 14.5. The lowest BCUT2D eigenvalue weighted by Crippen LogP contribution is -2.34. The highest BCUT2D eigenvalue weighted by molar-refractivity contribution is 6.12. The van der Waals surface area contributed by atoms with Gasteiger partial charge < -0.3 is 19.9 Å². The van der Waals surface area contributed by atoms with Crippen molar-refractivity contribution in [2.45, 2.75) is 37.8 Å². The molecule has 0 saturated carbocycles. The number of aromatic nitrogens is 2. The summed E-state index contributed by atoms with van der Waals surface area (Å²) < 4.78 is 22.0. The van der Waals surface area contributed by atoms with E-state index in [9.17, 15) is 14.0 Å². The molecule has 0 spiro atoms. The molecule has 7 nitrogen and oxygen atoms in total. The van der Waals surface area contributed by atoms with E-state index in [1.54, 1.807) is 6.07 Å². The Bertz CT molecular complexity index is 1150. The third-order valence-electron chi connectivity index (χ3n) is 5.91. The second-order valence-electron chi connectivity index (χ2n) is 8.00. The summed E-state index contributed by atoms with van der Waals surface area (Å²) in [4.78, 5) is 30.1. The smallest absolute Gasteiger partial charge is 0.242 e. The lowest BCUT2D eigenvalue weighted by Gasteiger charge is -2.22. The fraction of sp³-hybridized carbons (Fsp3) is 0.348. The Morgan fingerprint density at radius 2 is 2.16 bits per heavy atom. The van der Waals surface area contributed by atoms with Gasteiger partial charge in [0.1, 0.15) is 12.4 Å². The van der Waals surface area contributed by atoms with Crippen LogP contribution in [0.5, 0.6) is 5.75 Å². The summed E-state index contributed by atoms with van der Waals surface area (Å²) in [5, 5.41) is 5.97. The average molecular weight is 422 g/mol. The molecular formula is C23H23FN4O3. The molecule has 3 aromatic rings. The van der Waals surface area contributed by atoms with Crippen LogP contribution in [-0.2, 0) is 16.1 Å². The summed E-state index contributed by atoms with van der Waals surface area (Å²) in [6, 6.07) is 12.1. The zero-order valence-corrected chi connectivity index (χ0v) is 16.9. The number of para-hydroxylation sites is 2. The van der Waals surface area contributed by atoms with E-state index in [0.717, 1.165) is 30.4 Å². The number of hydrogen-bond acceptors (Lipinski definition) is 5. The van der Waals surface area contributed by atoms with Gasteiger partial charge in [-0.2, -0.15) is 0 Å². The first-order valence-electron chi connectivity index (χ1n) is 10.5. The SMILES string of the molecule is O=C1CCn2c(nc3ccccc32)C1C(=O)Nc1ccc(OC[C@H]2CCCN2)c(F)c1. The molecule has 2 aliphatic rings. The third-order valence-corrected chi connectivity index (χ3v) is 5.91. The van der Waals surface area contributed by atoms with Gasteiger partial charge in [0.2, 0.25) is 5.91 Å². The minimum Gasteiger partial charge on any atom is -0.489 e. The van der Waals surface area contributed by atoms with Crippen LogP contribution in [0.25, 0.3) is 11.0 Å². The number of rotatable bonds is 5. The molecule has 1 aromatic heterocycles. The van der Waals surface area contributed by atoms with Crippen molar-refractivity contribution in [2.75, 3.05) is 18.5 Å². The number of carbonyl (C=O) groups is 2. The molecule has 1 unspecified atom stereocenters. The van der Waals surface area contributed by atoms with Crippen LogP contribution >= 0.6 is 0 Å². The van der Waals surface area contributed by atoms with Gasteiger partial charge in [-0.05, 0) is 43.7 Å². The Hall–Kier alpha value is -3.26. The van der Waals surface area contributed by atoms with Crippen LogP contribution in [0.1, 0.15) is 31.0 Å². The number of carbonyl (C=O) groups excluding carboxylic acids is 2. The van der Waals surface area contributed by atoms with Crippen molar-refractivity contribution in [3.05, 3.63) is 54.1 Å². The minimum atomic E-state index is -1.02. The van der Waals surface area contributed by atoms with Gasteiger partial charge in [0.05, 0.1) is 11.0 Å². The van der Waals surface area contributed by atoms with Gasteiger partial charge in [0.15, 0.2) is 23.3 Å². The lowest BCUT2D eigenvalue weighted by atomic mass is 9.96. The van der Waals surface area contributed by atoms with E-state index in [-0.39, 0.29) is 29.7 Å². The van der Waals surface area contributed by atoms with Crippen LogP contribution in [-0.4, -0.2) is 40.4 Å². The largest absolute Gasteiger partial charge is 0.489 e. The van der Waals surface area contributed by atoms with Crippen molar-refractivity contribution in [2.24, 2.45) is 0 Å². The molecule has 2 aliphatic heterocycles. The summed E-state index contributed by atoms with van der Waals surface area (Å²) >= 11 is 0. The number of nitrogens with zero attached hydrogens (tertiary/aromatic N) is 2. The van der Waals surface area contributed by atoms with Crippen LogP contribution in [0.15, 0.2) is 42.5 Å². The number of fused-ring (bicyclic) bond motifs is 3. The molecule has 0 radical (unpaired) electrons. The van der Waals surface area contributed by atoms with E-state index < -0.39 is 17.6 Å². The number of benzene rings is 2. The summed E-state index contributed by atoms with van der Waals surface area (Å²) in [5.74, 6) is -1.71. The number of hydrogen-bond donors (Lipinski definition) is 2. The Labute approximate surface area is 178 Å². The fourth-order valence-corrected chi connectivity index (χ4v) is 4.32. The van der Waals surface area contributed by atoms with Crippen LogP contribution in [0.2, 0.25) is 0 Å². The Morgan fingerprint density at radius 3 is 2.97 bits per heavy atom. The van der Waals surface area contributed by atoms with Crippen molar-refractivity contribution in [3.8, 4) is 5.75 Å². The number of ether oxygens (including phenoxy) is 1. The minimum absolute atomic E-state index is 0.141. The maximum Gasteiger partial charge on any atom is 0.242 e. The molecule has 3 heterocycles. The van der Waals surface area contributed by atoms with Crippen molar-refractivity contribution < 1.29 is 18.7 Å². The van der Waals surface area contributed by atoms with Crippen LogP contribution < -0.4 is 15.4 Å². The highest BCUT2D eigenvalue weighted by Gasteiger charge is 2.36. The fourth-order valence-electron chi connectivity index (χ4n) is 4.32. The second kappa shape index (κ2) is 8.11. The number of anilines is 1. The molecule has 2 aromatic carbocycles. The quantitative estimate of drug-likeness (QED) is 0.618. The molecule has 8 heteroatoms. The average Bonchev–Trinajstić information content (AvgIpc) is 3.40. The zero-order valence-electron chi connectivity index (χ0n) is 16.9. The molecule has 0 bridgehead atoms. The van der Waals surface area contributed by atoms with Gasteiger partial charge in [-0.15, -0.1) is 0 Å². The number of amides is 1. The highest BCUT2D eigenvalue weighted by atomic mass is 19.1. The van der Waals surface area contributed by atoms with E-state index in [2.05, 4.69) is 15.6 Å². The second-order valence-corrected chi connectivity index (χ2v) is 8.00. The molecule has 1 fully saturated rings. The van der Waals surface area contributed by atoms with Crippen molar-refractivity contribution in [3.63, 3.8) is 0 Å². The van der Waals surface area contributed by atoms with Crippen molar-refractivity contribution >= 4 is 28.4 Å². The van der Waals surface area contributed by atoms with E-state index in [4.69, 9.17) is 4.74 Å². The van der Waals surface area contributed by atoms with Gasteiger partial charge in [0.25, 0.3) is 0 Å². The summed E-state index contributed by atoms with van der Waals surface area (Å²) in [7, 11) is 0. The summed E-state index contributed by atoms with van der Waals surface area (Å²) in [5.41, 5.74) is 1.91. The van der Waals surface area contributed by atoms with Gasteiger partial charge in [-0.3, -0.25) is 9.59 Å². The monoisotopic (exact) mass is 422 g/mol. The van der Waals surface area contributed by atoms with Gasteiger partial charge >= 0.3 is 0 Å². The molecule has 5 rings (SSSR count). The number of nitrogens with one attached hydrogen (secondary N) is 2. The third kappa shape index (κ3) is 3.79. The molecule has 2 N–H and O–H groups in total. The Morgan fingerprint density at radius 1 is 1.29 bits per heavy atom. The first kappa shape index (κ1) is 19.7. The predicted octanol–water partition coefficient (Wildman–Crippen LogP) is 3.00. The number of ketones is 1. The van der Waals surface area contributed by atoms with Crippen molar-refractivity contribution in [1.29, 1.82) is 0 Å². The van der Waals surface area contributed by atoms with Crippen molar-refractivity contribution in [1.82, 2.24) is 14.9 Å². The van der Waals surface area contributed by atoms with Crippen LogP contribution in [0.3, 0.4) is 0 Å². The van der Waals surface area contributed by atoms with Crippen LogP contribution in [0, 0.1) is 5.82 Å². The molecule has 1 saturated heterocycles.